The van der Waals surface area contributed by atoms with Crippen LogP contribution < -0.4 is 14.9 Å². The maximum Gasteiger partial charge on any atom is 0.355 e. The highest BCUT2D eigenvalue weighted by Gasteiger charge is 2.59. The van der Waals surface area contributed by atoms with Crippen LogP contribution in [0.4, 0.5) is 17.6 Å². The van der Waals surface area contributed by atoms with Crippen LogP contribution >= 0.6 is 18.9 Å². The molecule has 3 aromatic carbocycles. The molecule has 4 aromatic rings. The normalized spacial score (nSPS) is 28.7. The van der Waals surface area contributed by atoms with Crippen LogP contribution in [-0.4, -0.2) is 112 Å². The van der Waals surface area contributed by atoms with Crippen LogP contribution in [0, 0.1) is 5.92 Å². The number of carbonyl (C=O) groups excluding carboxylic acids is 4. The molecule has 0 bridgehead atoms. The fraction of sp³-hybridized carbons (Fsp3) is 0.538. The summed E-state index contributed by atoms with van der Waals surface area (Å²) in [6.45, 7) is 1.67. The van der Waals surface area contributed by atoms with Crippen molar-refractivity contribution >= 4 is 52.6 Å². The van der Waals surface area contributed by atoms with Crippen LogP contribution in [0.1, 0.15) is 117 Å². The smallest absolute Gasteiger partial charge is 0.355 e. The van der Waals surface area contributed by atoms with Crippen LogP contribution in [0.3, 0.4) is 0 Å². The summed E-state index contributed by atoms with van der Waals surface area (Å²) in [6.07, 6.45) is 4.72. The van der Waals surface area contributed by atoms with Crippen LogP contribution in [0.15, 0.2) is 84.9 Å². The number of hydrogen-bond acceptors (Lipinski definition) is 9. The number of thiophene rings is 1. The minimum absolute atomic E-state index is 0.0000658. The molecule has 3 saturated heterocycles. The lowest BCUT2D eigenvalue weighted by molar-refractivity contribution is -0.158. The lowest BCUT2D eigenvalue weighted by atomic mass is 9.82. The second kappa shape index (κ2) is 19.3. The highest BCUT2D eigenvalue weighted by molar-refractivity contribution is 7.57. The molecule has 3 aliphatic heterocycles. The number of alkyl halides is 4. The Kier molecular flexibility index (Phi) is 13.5. The number of fused-ring (bicyclic) bond motifs is 2. The summed E-state index contributed by atoms with van der Waals surface area (Å²) in [7, 11) is -2.61. The maximum absolute atomic E-state index is 16.8. The van der Waals surface area contributed by atoms with E-state index in [0.717, 1.165) is 30.6 Å². The minimum Gasteiger partial charge on any atom is -0.464 e. The van der Waals surface area contributed by atoms with Crippen molar-refractivity contribution in [2.24, 2.45) is 5.92 Å². The van der Waals surface area contributed by atoms with E-state index in [0.29, 0.717) is 61.6 Å². The second-order valence-corrected chi connectivity index (χ2v) is 23.9. The molecule has 2 N–H and O–H groups in total. The van der Waals surface area contributed by atoms with Crippen molar-refractivity contribution in [3.05, 3.63) is 101 Å². The maximum atomic E-state index is 16.8. The van der Waals surface area contributed by atoms with Gasteiger partial charge in [-0.3, -0.25) is 23.7 Å². The highest BCUT2D eigenvalue weighted by atomic mass is 32.1. The van der Waals surface area contributed by atoms with Crippen LogP contribution in [0.5, 0.6) is 5.75 Å². The molecule has 374 valence electrons. The number of rotatable bonds is 15. The Labute approximate surface area is 409 Å². The van der Waals surface area contributed by atoms with Crippen molar-refractivity contribution in [2.75, 3.05) is 20.2 Å². The number of hydrogen-bond donors (Lipinski definition) is 2. The molecule has 4 heterocycles. The van der Waals surface area contributed by atoms with E-state index in [1.54, 1.807) is 35.2 Å². The predicted octanol–water partition coefficient (Wildman–Crippen LogP) is 9.70. The summed E-state index contributed by atoms with van der Waals surface area (Å²) in [5.74, 6) is -7.08. The Hall–Kier alpha value is -4.83. The molecule has 3 saturated carbocycles. The third kappa shape index (κ3) is 9.88. The molecule has 1 spiro atoms. The standard InChI is InChI=1S/C52H60F4N5O7PS/c1-31(50(65)67-30-32-26-52(55,56)27-32)58-69(66,68-41-11-7-4-8-12-41)46(54)34-13-18-44-35(21-34)22-45(70-44)47(62)57-42-16-14-38(59(2)40-23-37(53)24-40)25-39-15-17-43(61(39)48(42)63)49(64)60-29-36(28-51(60)19-20-51)33-9-5-3-6-10-33/h3-13,18,21-22,31-32,36-40,42-43,46H,14-17,19-20,23-30H2,1-2H3,(H,57,62)(H,58,66)/t31-,36+,37?,38-,39+,40?,42?,43-,46+,69?/m0/s1. The van der Waals surface area contributed by atoms with Crippen LogP contribution in [0.2, 0.25) is 0 Å². The van der Waals surface area contributed by atoms with Gasteiger partial charge in [0.25, 0.3) is 5.91 Å². The number of para-hydroxylation sites is 1. The first-order valence-electron chi connectivity index (χ1n) is 24.7. The van der Waals surface area contributed by atoms with Gasteiger partial charge in [-0.15, -0.1) is 11.3 Å². The lowest BCUT2D eigenvalue weighted by Gasteiger charge is -2.45. The first kappa shape index (κ1) is 48.8. The molecule has 6 aliphatic rings. The van der Waals surface area contributed by atoms with Gasteiger partial charge in [0, 0.05) is 59.6 Å². The molecule has 6 fully saturated rings. The van der Waals surface area contributed by atoms with Crippen molar-refractivity contribution in [1.82, 2.24) is 25.1 Å². The number of esters is 1. The fourth-order valence-corrected chi connectivity index (χ4v) is 14.5. The first-order valence-corrected chi connectivity index (χ1v) is 27.2. The molecule has 18 heteroatoms. The SMILES string of the molecule is C[C@H](NP(=O)(Oc1ccccc1)[C@@H](F)c1ccc2sc(C(=O)NC3CC[C@H](N(C)C4CC(F)C4)C[C@H]4CC[C@@H](C(=O)N5C[C@H](c6ccccc6)CC56CC6)N4C3=O)cc2c1)C(=O)OCC1CC(F)(F)C1. The summed E-state index contributed by atoms with van der Waals surface area (Å²) in [4.78, 5) is 63.3. The molecule has 8 atom stereocenters. The quantitative estimate of drug-likeness (QED) is 0.0678. The van der Waals surface area contributed by atoms with Crippen LogP contribution in [0.25, 0.3) is 10.1 Å². The number of likely N-dealkylation sites (tertiary alicyclic amines) is 1. The zero-order valence-electron chi connectivity index (χ0n) is 39.3. The first-order chi connectivity index (χ1) is 33.5. The third-order valence-corrected chi connectivity index (χ3v) is 19.1. The Morgan fingerprint density at radius 2 is 1.63 bits per heavy atom. The van der Waals surface area contributed by atoms with Crippen molar-refractivity contribution in [1.29, 1.82) is 0 Å². The summed E-state index contributed by atoms with van der Waals surface area (Å²) >= 11 is 1.14. The van der Waals surface area contributed by atoms with E-state index in [1.165, 1.54) is 36.8 Å². The molecular formula is C52H60F4N5O7PS. The summed E-state index contributed by atoms with van der Waals surface area (Å²) in [5, 5.41) is 6.02. The fourth-order valence-electron chi connectivity index (χ4n) is 11.6. The molecule has 2 unspecified atom stereocenters. The summed E-state index contributed by atoms with van der Waals surface area (Å²) < 4.78 is 83.9. The molecule has 70 heavy (non-hydrogen) atoms. The number of amides is 3. The Bertz CT molecular complexity index is 2650. The minimum atomic E-state index is -4.63. The van der Waals surface area contributed by atoms with Gasteiger partial charge in [0.15, 0.2) is 0 Å². The van der Waals surface area contributed by atoms with Gasteiger partial charge < -0.3 is 29.3 Å². The Morgan fingerprint density at radius 1 is 0.914 bits per heavy atom. The zero-order chi connectivity index (χ0) is 49.1. The largest absolute Gasteiger partial charge is 0.464 e. The van der Waals surface area contributed by atoms with Crippen molar-refractivity contribution in [2.45, 2.75) is 150 Å². The third-order valence-electron chi connectivity index (χ3n) is 15.8. The van der Waals surface area contributed by atoms with Gasteiger partial charge in [0.05, 0.1) is 11.5 Å². The molecular weight excluding hydrogens is 946 g/mol. The number of benzene rings is 3. The number of carbonyl (C=O) groups is 4. The average Bonchev–Trinajstić information content (AvgIpc) is 3.59. The monoisotopic (exact) mass is 1010 g/mol. The van der Waals surface area contributed by atoms with E-state index < -0.39 is 74.3 Å². The highest BCUT2D eigenvalue weighted by Crippen LogP contribution is 2.58. The number of nitrogens with one attached hydrogen (secondary N) is 2. The van der Waals surface area contributed by atoms with Gasteiger partial charge in [0.1, 0.15) is 30.0 Å². The molecule has 3 aliphatic carbocycles. The zero-order valence-corrected chi connectivity index (χ0v) is 41.0. The van der Waals surface area contributed by atoms with Gasteiger partial charge in [-0.05, 0) is 125 Å². The molecule has 1 aromatic heterocycles. The van der Waals surface area contributed by atoms with E-state index in [1.807, 2.05) is 30.1 Å². The lowest BCUT2D eigenvalue weighted by Crippen LogP contribution is -2.59. The van der Waals surface area contributed by atoms with E-state index in [-0.39, 0.29) is 64.2 Å². The van der Waals surface area contributed by atoms with Gasteiger partial charge in [-0.1, -0.05) is 54.6 Å². The van der Waals surface area contributed by atoms with Gasteiger partial charge in [-0.2, -0.15) is 0 Å². The average molecular weight is 1010 g/mol. The van der Waals surface area contributed by atoms with E-state index >= 15 is 4.39 Å². The molecule has 10 rings (SSSR count). The van der Waals surface area contributed by atoms with Crippen molar-refractivity contribution < 1.29 is 50.6 Å². The predicted molar refractivity (Wildman–Crippen MR) is 257 cm³/mol. The molecule has 12 nitrogen and oxygen atoms in total. The van der Waals surface area contributed by atoms with Gasteiger partial charge in [-0.25, -0.2) is 22.6 Å². The Balaban J connectivity index is 0.868. The molecule has 0 radical (unpaired) electrons. The number of halogens is 4. The van der Waals surface area contributed by atoms with Crippen LogP contribution in [-0.2, 0) is 23.7 Å². The topological polar surface area (TPSA) is 138 Å². The van der Waals surface area contributed by atoms with Crippen molar-refractivity contribution in [3.8, 4) is 5.75 Å². The van der Waals surface area contributed by atoms with Gasteiger partial charge in [0.2, 0.25) is 23.6 Å². The number of ether oxygens (including phenoxy) is 1. The van der Waals surface area contributed by atoms with E-state index in [2.05, 4.69) is 27.4 Å². The van der Waals surface area contributed by atoms with Gasteiger partial charge >= 0.3 is 13.5 Å². The number of nitrogens with zero attached hydrogens (tertiary/aromatic N) is 3. The van der Waals surface area contributed by atoms with Crippen molar-refractivity contribution in [3.63, 3.8) is 0 Å². The summed E-state index contributed by atoms with van der Waals surface area (Å²) in [6, 6.07) is 21.1. The van der Waals surface area contributed by atoms with E-state index in [4.69, 9.17) is 9.26 Å². The molecule has 3 amide bonds. The second-order valence-electron chi connectivity index (χ2n) is 20.7. The van der Waals surface area contributed by atoms with E-state index in [9.17, 15) is 36.9 Å². The Morgan fingerprint density at radius 3 is 2.31 bits per heavy atom. The summed E-state index contributed by atoms with van der Waals surface area (Å²) in [5.41, 5.74) is 0.940.